The van der Waals surface area contributed by atoms with E-state index in [9.17, 15) is 4.79 Å². The minimum atomic E-state index is -0.639. The van der Waals surface area contributed by atoms with Crippen molar-refractivity contribution in [2.75, 3.05) is 33.7 Å². The molecule has 0 aromatic rings. The van der Waals surface area contributed by atoms with E-state index in [1.54, 1.807) is 0 Å². The molecule has 1 rings (SSSR count). The molecule has 4 heteroatoms. The molecule has 0 radical (unpaired) electrons. The maximum atomic E-state index is 10.5. The Labute approximate surface area is 78.9 Å². The Bertz CT molecular complexity index is 182. The van der Waals surface area contributed by atoms with Gasteiger partial charge in [0.25, 0.3) is 0 Å². The van der Waals surface area contributed by atoms with Crippen molar-refractivity contribution < 1.29 is 9.90 Å². The van der Waals surface area contributed by atoms with Gasteiger partial charge in [-0.1, -0.05) is 0 Å². The molecular formula is C9H18N2O2. The van der Waals surface area contributed by atoms with Crippen molar-refractivity contribution in [2.45, 2.75) is 6.42 Å². The highest BCUT2D eigenvalue weighted by Gasteiger charge is 2.42. The molecule has 2 unspecified atom stereocenters. The summed E-state index contributed by atoms with van der Waals surface area (Å²) in [5.74, 6) is -0.342. The normalized spacial score (nSPS) is 26.4. The summed E-state index contributed by atoms with van der Waals surface area (Å²) in [6.07, 6.45) is 0.851. The van der Waals surface area contributed by atoms with Crippen molar-refractivity contribution in [3.63, 3.8) is 0 Å². The molecule has 1 fully saturated rings. The Morgan fingerprint density at radius 2 is 2.31 bits per heavy atom. The van der Waals surface area contributed by atoms with Crippen LogP contribution < -0.4 is 5.32 Å². The van der Waals surface area contributed by atoms with Gasteiger partial charge in [0.1, 0.15) is 0 Å². The van der Waals surface area contributed by atoms with E-state index in [2.05, 4.69) is 10.2 Å². The van der Waals surface area contributed by atoms with Crippen LogP contribution in [-0.2, 0) is 4.79 Å². The van der Waals surface area contributed by atoms with Gasteiger partial charge in [0, 0.05) is 13.1 Å². The lowest BCUT2D eigenvalue weighted by Crippen LogP contribution is -2.28. The zero-order valence-corrected chi connectivity index (χ0v) is 8.29. The smallest absolute Gasteiger partial charge is 0.306 e. The van der Waals surface area contributed by atoms with Crippen LogP contribution in [0.1, 0.15) is 6.42 Å². The molecule has 4 nitrogen and oxygen atoms in total. The quantitative estimate of drug-likeness (QED) is 0.567. The molecule has 0 saturated heterocycles. The van der Waals surface area contributed by atoms with Crippen molar-refractivity contribution in [1.29, 1.82) is 0 Å². The molecule has 0 bridgehead atoms. The largest absolute Gasteiger partial charge is 0.481 e. The third-order valence-electron chi connectivity index (χ3n) is 2.38. The zero-order valence-electron chi connectivity index (χ0n) is 8.29. The average molecular weight is 186 g/mol. The van der Waals surface area contributed by atoms with Gasteiger partial charge in [-0.3, -0.25) is 4.79 Å². The van der Waals surface area contributed by atoms with Crippen LogP contribution in [0.5, 0.6) is 0 Å². The molecule has 2 N–H and O–H groups in total. The fourth-order valence-corrected chi connectivity index (χ4v) is 1.37. The van der Waals surface area contributed by atoms with Crippen molar-refractivity contribution in [2.24, 2.45) is 11.8 Å². The van der Waals surface area contributed by atoms with Crippen LogP contribution in [0.2, 0.25) is 0 Å². The Balaban J connectivity index is 1.94. The van der Waals surface area contributed by atoms with Crippen molar-refractivity contribution in [3.05, 3.63) is 0 Å². The summed E-state index contributed by atoms with van der Waals surface area (Å²) in [5, 5.41) is 11.9. The second-order valence-electron chi connectivity index (χ2n) is 3.95. The summed E-state index contributed by atoms with van der Waals surface area (Å²) in [5.41, 5.74) is 0. The van der Waals surface area contributed by atoms with Gasteiger partial charge in [-0.25, -0.2) is 0 Å². The number of carbonyl (C=O) groups is 1. The highest BCUT2D eigenvalue weighted by molar-refractivity contribution is 5.73. The highest BCUT2D eigenvalue weighted by atomic mass is 16.4. The Hall–Kier alpha value is -0.610. The summed E-state index contributed by atoms with van der Waals surface area (Å²) in [4.78, 5) is 12.6. The minimum absolute atomic E-state index is 0.0770. The van der Waals surface area contributed by atoms with E-state index >= 15 is 0 Å². The lowest BCUT2D eigenvalue weighted by atomic mass is 10.3. The molecule has 0 aromatic carbocycles. The summed E-state index contributed by atoms with van der Waals surface area (Å²) in [6, 6.07) is 0. The van der Waals surface area contributed by atoms with Gasteiger partial charge in [0.2, 0.25) is 0 Å². The lowest BCUT2D eigenvalue weighted by molar-refractivity contribution is -0.138. The van der Waals surface area contributed by atoms with E-state index < -0.39 is 5.97 Å². The van der Waals surface area contributed by atoms with Gasteiger partial charge in [0.05, 0.1) is 5.92 Å². The third kappa shape index (κ3) is 3.74. The first kappa shape index (κ1) is 10.5. The van der Waals surface area contributed by atoms with Crippen LogP contribution in [0.4, 0.5) is 0 Å². The number of likely N-dealkylation sites (N-methyl/N-ethyl adjacent to an activating group) is 1. The van der Waals surface area contributed by atoms with Crippen molar-refractivity contribution in [3.8, 4) is 0 Å². The van der Waals surface area contributed by atoms with E-state index in [4.69, 9.17) is 5.11 Å². The van der Waals surface area contributed by atoms with Crippen LogP contribution in [0.25, 0.3) is 0 Å². The summed E-state index contributed by atoms with van der Waals surface area (Å²) in [7, 11) is 4.05. The zero-order chi connectivity index (χ0) is 9.84. The molecule has 0 spiro atoms. The lowest BCUT2D eigenvalue weighted by Gasteiger charge is -2.09. The van der Waals surface area contributed by atoms with Crippen LogP contribution in [-0.4, -0.2) is 49.7 Å². The SMILES string of the molecule is CN(C)CCNCC1CC1C(=O)O. The monoisotopic (exact) mass is 186 g/mol. The topological polar surface area (TPSA) is 52.6 Å². The summed E-state index contributed by atoms with van der Waals surface area (Å²) >= 11 is 0. The first-order valence-electron chi connectivity index (χ1n) is 4.69. The maximum absolute atomic E-state index is 10.5. The Kier molecular flexibility index (Phi) is 3.69. The molecular weight excluding hydrogens is 168 g/mol. The van der Waals surface area contributed by atoms with Gasteiger partial charge in [-0.2, -0.15) is 0 Å². The van der Waals surface area contributed by atoms with Gasteiger partial charge < -0.3 is 15.3 Å². The van der Waals surface area contributed by atoms with Crippen molar-refractivity contribution in [1.82, 2.24) is 10.2 Å². The molecule has 13 heavy (non-hydrogen) atoms. The first-order chi connectivity index (χ1) is 6.11. The number of aliphatic carboxylic acids is 1. The molecule has 0 aromatic heterocycles. The van der Waals surface area contributed by atoms with Crippen LogP contribution in [0.3, 0.4) is 0 Å². The van der Waals surface area contributed by atoms with E-state index in [1.165, 1.54) is 0 Å². The van der Waals surface area contributed by atoms with Gasteiger partial charge >= 0.3 is 5.97 Å². The molecule has 76 valence electrons. The first-order valence-corrected chi connectivity index (χ1v) is 4.69. The van der Waals surface area contributed by atoms with Crippen molar-refractivity contribution >= 4 is 5.97 Å². The second kappa shape index (κ2) is 4.58. The van der Waals surface area contributed by atoms with E-state index in [0.29, 0.717) is 5.92 Å². The van der Waals surface area contributed by atoms with E-state index in [-0.39, 0.29) is 5.92 Å². The van der Waals surface area contributed by atoms with Crippen LogP contribution >= 0.6 is 0 Å². The maximum Gasteiger partial charge on any atom is 0.306 e. The molecule has 2 atom stereocenters. The number of rotatable bonds is 6. The number of carboxylic acid groups (broad SMARTS) is 1. The van der Waals surface area contributed by atoms with Crippen LogP contribution in [0.15, 0.2) is 0 Å². The fourth-order valence-electron chi connectivity index (χ4n) is 1.37. The number of carboxylic acids is 1. The van der Waals surface area contributed by atoms with E-state index in [0.717, 1.165) is 26.1 Å². The molecule has 1 aliphatic carbocycles. The van der Waals surface area contributed by atoms with Crippen LogP contribution in [0, 0.1) is 11.8 Å². The molecule has 1 saturated carbocycles. The van der Waals surface area contributed by atoms with Gasteiger partial charge in [0.15, 0.2) is 0 Å². The number of nitrogens with one attached hydrogen (secondary N) is 1. The fraction of sp³-hybridized carbons (Fsp3) is 0.889. The summed E-state index contributed by atoms with van der Waals surface area (Å²) < 4.78 is 0. The molecule has 1 aliphatic rings. The second-order valence-corrected chi connectivity index (χ2v) is 3.95. The summed E-state index contributed by atoms with van der Waals surface area (Å²) in [6.45, 7) is 2.80. The highest BCUT2D eigenvalue weighted by Crippen LogP contribution is 2.37. The van der Waals surface area contributed by atoms with Gasteiger partial charge in [-0.15, -0.1) is 0 Å². The number of nitrogens with zero attached hydrogens (tertiary/aromatic N) is 1. The predicted octanol–water partition coefficient (Wildman–Crippen LogP) is -0.142. The third-order valence-corrected chi connectivity index (χ3v) is 2.38. The van der Waals surface area contributed by atoms with Gasteiger partial charge in [-0.05, 0) is 33.0 Å². The Morgan fingerprint density at radius 3 is 2.77 bits per heavy atom. The number of hydrogen-bond donors (Lipinski definition) is 2. The average Bonchev–Trinajstić information content (AvgIpc) is 2.76. The minimum Gasteiger partial charge on any atom is -0.481 e. The standard InChI is InChI=1S/C9H18N2O2/c1-11(2)4-3-10-6-7-5-8(7)9(12)13/h7-8,10H,3-6H2,1-2H3,(H,12,13). The number of hydrogen-bond acceptors (Lipinski definition) is 3. The Morgan fingerprint density at radius 1 is 1.62 bits per heavy atom. The predicted molar refractivity (Wildman–Crippen MR) is 50.7 cm³/mol. The molecule has 0 heterocycles. The molecule has 0 amide bonds. The van der Waals surface area contributed by atoms with E-state index in [1.807, 2.05) is 14.1 Å². The molecule has 0 aliphatic heterocycles.